The van der Waals surface area contributed by atoms with E-state index in [4.69, 9.17) is 0 Å². The number of aromatic nitrogens is 1. The summed E-state index contributed by atoms with van der Waals surface area (Å²) in [6, 6.07) is 22.1. The maximum Gasteiger partial charge on any atom is 0.254 e. The molecule has 1 fully saturated rings. The largest absolute Gasteiger partial charge is 0.341 e. The molecule has 1 amide bonds. The Kier molecular flexibility index (Phi) is 5.91. The highest BCUT2D eigenvalue weighted by Crippen LogP contribution is 2.27. The van der Waals surface area contributed by atoms with Crippen LogP contribution in [0.15, 0.2) is 72.9 Å². The Morgan fingerprint density at radius 1 is 1.00 bits per heavy atom. The minimum absolute atomic E-state index is 0.144. The van der Waals surface area contributed by atoms with Gasteiger partial charge < -0.3 is 14.8 Å². The van der Waals surface area contributed by atoms with E-state index in [1.165, 1.54) is 5.56 Å². The topological polar surface area (TPSA) is 54.3 Å². The van der Waals surface area contributed by atoms with Crippen LogP contribution in [0.2, 0.25) is 0 Å². The normalized spacial score (nSPS) is 20.4. The molecule has 0 radical (unpaired) electrons. The maximum atomic E-state index is 13.1. The van der Waals surface area contributed by atoms with Crippen LogP contribution in [0.3, 0.4) is 0 Å². The van der Waals surface area contributed by atoms with E-state index >= 15 is 0 Å². The smallest absolute Gasteiger partial charge is 0.254 e. The third kappa shape index (κ3) is 4.39. The van der Waals surface area contributed by atoms with Gasteiger partial charge in [-0.25, -0.2) is 0 Å². The summed E-state index contributed by atoms with van der Waals surface area (Å²) < 4.78 is 2.04. The lowest BCUT2D eigenvalue weighted by Crippen LogP contribution is -2.43. The number of carbonyl (C=O) groups excluding carboxylic acids is 2. The summed E-state index contributed by atoms with van der Waals surface area (Å²) >= 11 is 0. The number of piperidine rings is 1. The second-order valence-electron chi connectivity index (χ2n) is 9.02. The monoisotopic (exact) mass is 427 g/mol. The van der Waals surface area contributed by atoms with Gasteiger partial charge in [-0.3, -0.25) is 9.59 Å². The summed E-state index contributed by atoms with van der Waals surface area (Å²) in [5.41, 5.74) is 3.91. The minimum Gasteiger partial charge on any atom is -0.341 e. The lowest BCUT2D eigenvalue weighted by molar-refractivity contribution is 0.0726. The van der Waals surface area contributed by atoms with Crippen LogP contribution in [-0.2, 0) is 13.1 Å². The van der Waals surface area contributed by atoms with Gasteiger partial charge in [-0.2, -0.15) is 0 Å². The average Bonchev–Trinajstić information content (AvgIpc) is 3.39. The number of hydrogen-bond donors (Lipinski definition) is 1. The fraction of sp³-hybridized carbons (Fsp3) is 0.333. The fourth-order valence-corrected chi connectivity index (χ4v) is 5.10. The highest BCUT2D eigenvalue weighted by atomic mass is 16.2. The number of carbonyl (C=O) groups is 2. The predicted octanol–water partition coefficient (Wildman–Crippen LogP) is 4.13. The van der Waals surface area contributed by atoms with E-state index in [0.29, 0.717) is 25.4 Å². The van der Waals surface area contributed by atoms with Crippen molar-refractivity contribution in [2.75, 3.05) is 13.1 Å². The molecule has 0 saturated carbocycles. The van der Waals surface area contributed by atoms with Gasteiger partial charge in [-0.05, 0) is 54.6 Å². The molecule has 3 heterocycles. The molecule has 2 unspecified atom stereocenters. The third-order valence-electron chi connectivity index (χ3n) is 6.72. The summed E-state index contributed by atoms with van der Waals surface area (Å²) in [6.07, 6.45) is 4.43. The molecule has 1 N–H and O–H groups in total. The van der Waals surface area contributed by atoms with Crippen molar-refractivity contribution in [2.45, 2.75) is 38.4 Å². The lowest BCUT2D eigenvalue weighted by Gasteiger charge is -2.32. The van der Waals surface area contributed by atoms with Crippen molar-refractivity contribution in [3.05, 3.63) is 95.3 Å². The molecule has 1 saturated heterocycles. The summed E-state index contributed by atoms with van der Waals surface area (Å²) in [4.78, 5) is 27.8. The number of ketones is 1. The van der Waals surface area contributed by atoms with E-state index in [0.717, 1.165) is 42.8 Å². The van der Waals surface area contributed by atoms with E-state index in [1.807, 2.05) is 70.3 Å². The Hall–Kier alpha value is -3.18. The van der Waals surface area contributed by atoms with Gasteiger partial charge in [0.15, 0.2) is 5.78 Å². The third-order valence-corrected chi connectivity index (χ3v) is 6.72. The van der Waals surface area contributed by atoms with Crippen LogP contribution in [0.4, 0.5) is 0 Å². The number of benzene rings is 2. The first-order chi connectivity index (χ1) is 15.7. The molecule has 2 atom stereocenters. The van der Waals surface area contributed by atoms with Crippen LogP contribution in [0.25, 0.3) is 0 Å². The van der Waals surface area contributed by atoms with Crippen LogP contribution in [0.5, 0.6) is 0 Å². The Morgan fingerprint density at radius 3 is 2.66 bits per heavy atom. The van der Waals surface area contributed by atoms with E-state index in [-0.39, 0.29) is 17.7 Å². The van der Waals surface area contributed by atoms with Gasteiger partial charge in [0.25, 0.3) is 5.91 Å². The fourth-order valence-electron chi connectivity index (χ4n) is 5.10. The molecule has 5 rings (SSSR count). The van der Waals surface area contributed by atoms with Crippen molar-refractivity contribution in [2.24, 2.45) is 5.92 Å². The Balaban J connectivity index is 1.19. The van der Waals surface area contributed by atoms with Crippen molar-refractivity contribution in [3.8, 4) is 0 Å². The van der Waals surface area contributed by atoms with Gasteiger partial charge in [0, 0.05) is 43.9 Å². The number of fused-ring (bicyclic) bond motifs is 1. The van der Waals surface area contributed by atoms with Gasteiger partial charge in [0.05, 0.1) is 5.69 Å². The van der Waals surface area contributed by atoms with Gasteiger partial charge in [0.1, 0.15) is 0 Å². The number of rotatable bonds is 7. The summed E-state index contributed by atoms with van der Waals surface area (Å²) in [5, 5.41) is 3.53. The van der Waals surface area contributed by atoms with E-state index in [9.17, 15) is 9.59 Å². The molecule has 3 aromatic rings. The van der Waals surface area contributed by atoms with E-state index in [2.05, 4.69) is 17.4 Å². The van der Waals surface area contributed by atoms with Crippen molar-refractivity contribution in [1.29, 1.82) is 0 Å². The van der Waals surface area contributed by atoms with Crippen LogP contribution >= 0.6 is 0 Å². The zero-order valence-electron chi connectivity index (χ0n) is 18.2. The first-order valence-electron chi connectivity index (χ1n) is 11.5. The molecule has 5 nitrogen and oxygen atoms in total. The number of nitrogens with zero attached hydrogens (tertiary/aromatic N) is 2. The zero-order chi connectivity index (χ0) is 21.9. The first-order valence-corrected chi connectivity index (χ1v) is 11.5. The molecule has 0 bridgehead atoms. The first kappa shape index (κ1) is 20.7. The molecule has 5 heteroatoms. The molecule has 2 aliphatic rings. The molecular weight excluding hydrogens is 398 g/mol. The van der Waals surface area contributed by atoms with Gasteiger partial charge in [-0.15, -0.1) is 0 Å². The van der Waals surface area contributed by atoms with Gasteiger partial charge in [0.2, 0.25) is 0 Å². The quantitative estimate of drug-likeness (QED) is 0.577. The Morgan fingerprint density at radius 2 is 1.81 bits per heavy atom. The SMILES string of the molecule is O=C(CC1CC(CN2Cc3ccccc3C2=O)CCN1)c1cccn1Cc1ccccc1. The highest BCUT2D eigenvalue weighted by Gasteiger charge is 2.31. The average molecular weight is 428 g/mol. The van der Waals surface area contributed by atoms with Crippen LogP contribution in [0, 0.1) is 5.92 Å². The van der Waals surface area contributed by atoms with Crippen molar-refractivity contribution < 1.29 is 9.59 Å². The number of hydrogen-bond acceptors (Lipinski definition) is 3. The minimum atomic E-state index is 0.144. The number of amides is 1. The molecule has 32 heavy (non-hydrogen) atoms. The molecule has 0 aliphatic carbocycles. The molecule has 164 valence electrons. The standard InChI is InChI=1S/C27H29N3O2/c31-26(25-11-6-14-29(25)17-20-7-2-1-3-8-20)16-23-15-21(12-13-28-23)18-30-19-22-9-4-5-10-24(22)27(30)32/h1-11,14,21,23,28H,12-13,15-19H2. The highest BCUT2D eigenvalue weighted by molar-refractivity contribution is 5.98. The van der Waals surface area contributed by atoms with Crippen molar-refractivity contribution >= 4 is 11.7 Å². The molecule has 2 aliphatic heterocycles. The van der Waals surface area contributed by atoms with Crippen LogP contribution in [0.1, 0.15) is 51.2 Å². The van der Waals surface area contributed by atoms with Crippen LogP contribution < -0.4 is 5.32 Å². The Labute approximate surface area is 189 Å². The zero-order valence-corrected chi connectivity index (χ0v) is 18.2. The van der Waals surface area contributed by atoms with E-state index < -0.39 is 0 Å². The summed E-state index contributed by atoms with van der Waals surface area (Å²) in [6.45, 7) is 3.07. The second kappa shape index (κ2) is 9.13. The Bertz CT molecular complexity index is 1100. The van der Waals surface area contributed by atoms with Crippen LogP contribution in [-0.4, -0.2) is 40.3 Å². The molecule has 1 aromatic heterocycles. The van der Waals surface area contributed by atoms with E-state index in [1.54, 1.807) is 0 Å². The molecule has 0 spiro atoms. The number of nitrogens with one attached hydrogen (secondary N) is 1. The molecular formula is C27H29N3O2. The summed E-state index contributed by atoms with van der Waals surface area (Å²) in [7, 11) is 0. The van der Waals surface area contributed by atoms with Gasteiger partial charge >= 0.3 is 0 Å². The predicted molar refractivity (Wildman–Crippen MR) is 125 cm³/mol. The van der Waals surface area contributed by atoms with Crippen molar-refractivity contribution in [3.63, 3.8) is 0 Å². The maximum absolute atomic E-state index is 13.1. The number of Topliss-reactive ketones (excluding diaryl/α,β-unsaturated/α-hetero) is 1. The van der Waals surface area contributed by atoms with Gasteiger partial charge in [-0.1, -0.05) is 48.5 Å². The lowest BCUT2D eigenvalue weighted by atomic mass is 9.89. The van der Waals surface area contributed by atoms with Crippen molar-refractivity contribution in [1.82, 2.24) is 14.8 Å². The molecule has 2 aromatic carbocycles. The second-order valence-corrected chi connectivity index (χ2v) is 9.02. The summed E-state index contributed by atoms with van der Waals surface area (Å²) in [5.74, 6) is 0.739.